The number of carboxylic acid groups (broad SMARTS) is 1. The molecule has 0 atom stereocenters. The third kappa shape index (κ3) is 3.51. The fraction of sp³-hybridized carbons (Fsp3) is 0.412. The summed E-state index contributed by atoms with van der Waals surface area (Å²) in [5.41, 5.74) is 2.08. The summed E-state index contributed by atoms with van der Waals surface area (Å²) < 4.78 is 0. The molecule has 1 aromatic carbocycles. The minimum atomic E-state index is -1.02. The second-order valence-corrected chi connectivity index (χ2v) is 6.37. The van der Waals surface area contributed by atoms with E-state index in [1.54, 1.807) is 17.0 Å². The Kier molecular flexibility index (Phi) is 4.16. The highest BCUT2D eigenvalue weighted by molar-refractivity contribution is 5.97. The van der Waals surface area contributed by atoms with Crippen LogP contribution < -0.4 is 0 Å². The summed E-state index contributed by atoms with van der Waals surface area (Å²) in [5, 5.41) is 8.99. The first-order valence-electron chi connectivity index (χ1n) is 7.11. The van der Waals surface area contributed by atoms with Crippen LogP contribution in [-0.4, -0.2) is 35.0 Å². The zero-order chi connectivity index (χ0) is 15.6. The molecule has 0 radical (unpaired) electrons. The summed E-state index contributed by atoms with van der Waals surface area (Å²) in [6, 6.07) is 6.20. The Morgan fingerprint density at radius 1 is 1.19 bits per heavy atom. The predicted octanol–water partition coefficient (Wildman–Crippen LogP) is 3.20. The first-order valence-corrected chi connectivity index (χ1v) is 7.11. The molecule has 0 aliphatic carbocycles. The molecule has 2 rings (SSSR count). The summed E-state index contributed by atoms with van der Waals surface area (Å²) in [4.78, 5) is 25.2. The predicted molar refractivity (Wildman–Crippen MR) is 81.5 cm³/mol. The molecular formula is C17H21NO3. The van der Waals surface area contributed by atoms with Crippen LogP contribution in [0, 0.1) is 5.41 Å². The van der Waals surface area contributed by atoms with Crippen molar-refractivity contribution < 1.29 is 14.7 Å². The summed E-state index contributed by atoms with van der Waals surface area (Å²) in [5.74, 6) is -1.12. The fourth-order valence-corrected chi connectivity index (χ4v) is 2.50. The van der Waals surface area contributed by atoms with Crippen molar-refractivity contribution in [1.29, 1.82) is 0 Å². The number of hydrogen-bond acceptors (Lipinski definition) is 2. The number of carbonyl (C=O) groups is 2. The van der Waals surface area contributed by atoms with Crippen molar-refractivity contribution >= 4 is 11.9 Å². The van der Waals surface area contributed by atoms with E-state index < -0.39 is 5.97 Å². The average Bonchev–Trinajstić information content (AvgIpc) is 2.46. The van der Waals surface area contributed by atoms with Crippen LogP contribution >= 0.6 is 0 Å². The van der Waals surface area contributed by atoms with Crippen molar-refractivity contribution in [3.05, 3.63) is 47.0 Å². The van der Waals surface area contributed by atoms with E-state index in [9.17, 15) is 9.59 Å². The average molecular weight is 287 g/mol. The molecule has 0 unspecified atom stereocenters. The third-order valence-electron chi connectivity index (χ3n) is 3.82. The molecular weight excluding hydrogens is 266 g/mol. The van der Waals surface area contributed by atoms with E-state index in [4.69, 9.17) is 5.11 Å². The van der Waals surface area contributed by atoms with Crippen LogP contribution in [0.25, 0.3) is 0 Å². The van der Waals surface area contributed by atoms with Gasteiger partial charge in [0, 0.05) is 18.7 Å². The van der Waals surface area contributed by atoms with Crippen LogP contribution in [0.3, 0.4) is 0 Å². The molecule has 0 bridgehead atoms. The molecule has 4 heteroatoms. The smallest absolute Gasteiger partial charge is 0.335 e. The van der Waals surface area contributed by atoms with Gasteiger partial charge in [0.1, 0.15) is 0 Å². The van der Waals surface area contributed by atoms with Gasteiger partial charge in [-0.2, -0.15) is 0 Å². The van der Waals surface area contributed by atoms with Crippen LogP contribution in [0.1, 0.15) is 47.9 Å². The molecule has 112 valence electrons. The number of hydrogen-bond donors (Lipinski definition) is 1. The van der Waals surface area contributed by atoms with E-state index in [1.807, 2.05) is 0 Å². The first kappa shape index (κ1) is 15.3. The molecule has 0 saturated carbocycles. The molecule has 1 aromatic rings. The molecule has 1 heterocycles. The zero-order valence-corrected chi connectivity index (χ0v) is 12.7. The van der Waals surface area contributed by atoms with Crippen molar-refractivity contribution in [2.24, 2.45) is 5.41 Å². The minimum Gasteiger partial charge on any atom is -0.478 e. The van der Waals surface area contributed by atoms with Crippen molar-refractivity contribution in [2.45, 2.75) is 27.2 Å². The van der Waals surface area contributed by atoms with Gasteiger partial charge in [0.2, 0.25) is 0 Å². The van der Waals surface area contributed by atoms with Crippen LogP contribution in [0.2, 0.25) is 0 Å². The molecule has 0 saturated heterocycles. The van der Waals surface area contributed by atoms with Crippen LogP contribution in [-0.2, 0) is 0 Å². The lowest BCUT2D eigenvalue weighted by atomic mass is 9.83. The number of nitrogens with zero attached hydrogens (tertiary/aromatic N) is 1. The summed E-state index contributed by atoms with van der Waals surface area (Å²) in [7, 11) is 0. The van der Waals surface area contributed by atoms with Gasteiger partial charge in [-0.3, -0.25) is 4.79 Å². The lowest BCUT2D eigenvalue weighted by molar-refractivity contribution is 0.0697. The van der Waals surface area contributed by atoms with Crippen LogP contribution in [0.5, 0.6) is 0 Å². The Bertz CT molecular complexity index is 596. The monoisotopic (exact) mass is 287 g/mol. The number of benzene rings is 1. The maximum Gasteiger partial charge on any atom is 0.335 e. The van der Waals surface area contributed by atoms with Gasteiger partial charge < -0.3 is 10.0 Å². The van der Waals surface area contributed by atoms with E-state index in [1.165, 1.54) is 17.7 Å². The Labute approximate surface area is 125 Å². The summed E-state index contributed by atoms with van der Waals surface area (Å²) in [6.07, 6.45) is 2.98. The van der Waals surface area contributed by atoms with Gasteiger partial charge in [-0.05, 0) is 30.0 Å². The van der Waals surface area contributed by atoms with Crippen LogP contribution in [0.4, 0.5) is 0 Å². The molecule has 4 nitrogen and oxygen atoms in total. The van der Waals surface area contributed by atoms with Crippen molar-refractivity contribution in [3.8, 4) is 0 Å². The quantitative estimate of drug-likeness (QED) is 0.850. The third-order valence-corrected chi connectivity index (χ3v) is 3.82. The van der Waals surface area contributed by atoms with E-state index >= 15 is 0 Å². The summed E-state index contributed by atoms with van der Waals surface area (Å²) >= 11 is 0. The Balaban J connectivity index is 2.14. The number of amides is 1. The van der Waals surface area contributed by atoms with E-state index in [0.29, 0.717) is 18.7 Å². The van der Waals surface area contributed by atoms with E-state index in [2.05, 4.69) is 26.8 Å². The van der Waals surface area contributed by atoms with Crippen molar-refractivity contribution in [1.82, 2.24) is 4.90 Å². The number of aromatic carboxylic acids is 1. The van der Waals surface area contributed by atoms with E-state index in [0.717, 1.165) is 6.42 Å². The zero-order valence-electron chi connectivity index (χ0n) is 12.7. The maximum atomic E-state index is 12.4. The number of rotatable bonds is 2. The molecule has 1 amide bonds. The Morgan fingerprint density at radius 3 is 2.38 bits per heavy atom. The highest BCUT2D eigenvalue weighted by Crippen LogP contribution is 2.30. The number of carboxylic acids is 1. The van der Waals surface area contributed by atoms with Gasteiger partial charge in [-0.15, -0.1) is 0 Å². The van der Waals surface area contributed by atoms with Gasteiger partial charge >= 0.3 is 5.97 Å². The standard InChI is InChI=1S/C17H21NO3/c1-17(2,3)14-7-9-18(10-8-14)15(19)12-5-4-6-13(11-12)16(20)21/h4-7,11H,8-10H2,1-3H3,(H,20,21). The Hall–Kier alpha value is -2.10. The van der Waals surface area contributed by atoms with E-state index in [-0.39, 0.29) is 16.9 Å². The lowest BCUT2D eigenvalue weighted by Crippen LogP contribution is -2.36. The highest BCUT2D eigenvalue weighted by Gasteiger charge is 2.24. The molecule has 1 aliphatic rings. The molecule has 1 N–H and O–H groups in total. The SMILES string of the molecule is CC(C)(C)C1=CCN(C(=O)c2cccc(C(=O)O)c2)CC1. The second kappa shape index (κ2) is 5.72. The largest absolute Gasteiger partial charge is 0.478 e. The lowest BCUT2D eigenvalue weighted by Gasteiger charge is -2.32. The molecule has 0 aromatic heterocycles. The van der Waals surface area contributed by atoms with Gasteiger partial charge in [0.25, 0.3) is 5.91 Å². The van der Waals surface area contributed by atoms with Gasteiger partial charge in [-0.1, -0.05) is 38.5 Å². The second-order valence-electron chi connectivity index (χ2n) is 6.37. The Morgan fingerprint density at radius 2 is 1.86 bits per heavy atom. The maximum absolute atomic E-state index is 12.4. The van der Waals surface area contributed by atoms with Crippen LogP contribution in [0.15, 0.2) is 35.9 Å². The summed E-state index contributed by atoms with van der Waals surface area (Å²) in [6.45, 7) is 7.79. The normalized spacial score (nSPS) is 15.6. The van der Waals surface area contributed by atoms with Gasteiger partial charge in [0.15, 0.2) is 0 Å². The highest BCUT2D eigenvalue weighted by atomic mass is 16.4. The molecule has 0 spiro atoms. The fourth-order valence-electron chi connectivity index (χ4n) is 2.50. The topological polar surface area (TPSA) is 57.6 Å². The molecule has 21 heavy (non-hydrogen) atoms. The van der Waals surface area contributed by atoms with Crippen molar-refractivity contribution in [3.63, 3.8) is 0 Å². The molecule has 0 fully saturated rings. The van der Waals surface area contributed by atoms with Gasteiger partial charge in [-0.25, -0.2) is 4.79 Å². The molecule has 1 aliphatic heterocycles. The first-order chi connectivity index (χ1) is 9.79. The van der Waals surface area contributed by atoms with Gasteiger partial charge in [0.05, 0.1) is 5.56 Å². The van der Waals surface area contributed by atoms with Crippen molar-refractivity contribution in [2.75, 3.05) is 13.1 Å². The minimum absolute atomic E-state index is 0.109. The number of carbonyl (C=O) groups excluding carboxylic acids is 1.